The molecule has 1 unspecified atom stereocenters. The number of carbonyl (C=O) groups excluding carboxylic acids is 2. The summed E-state index contributed by atoms with van der Waals surface area (Å²) in [7, 11) is 0. The first kappa shape index (κ1) is 14.4. The molecule has 0 saturated carbocycles. The van der Waals surface area contributed by atoms with E-state index in [2.05, 4.69) is 0 Å². The fourth-order valence-electron chi connectivity index (χ4n) is 1.63. The van der Waals surface area contributed by atoms with Crippen molar-refractivity contribution in [3.05, 3.63) is 29.8 Å². The maximum Gasteiger partial charge on any atom is 0.173 e. The van der Waals surface area contributed by atoms with Gasteiger partial charge in [0.2, 0.25) is 0 Å². The normalized spacial score (nSPS) is 11.9. The second-order valence-corrected chi connectivity index (χ2v) is 4.30. The lowest BCUT2D eigenvalue weighted by atomic mass is 9.96. The molecule has 0 radical (unpaired) electrons. The van der Waals surface area contributed by atoms with Gasteiger partial charge < -0.3 is 4.74 Å². The van der Waals surface area contributed by atoms with E-state index in [0.29, 0.717) is 17.9 Å². The minimum absolute atomic E-state index is 0.00574. The Balaban J connectivity index is 2.81. The zero-order valence-corrected chi connectivity index (χ0v) is 11.2. The van der Waals surface area contributed by atoms with Crippen molar-refractivity contribution in [2.45, 2.75) is 33.6 Å². The summed E-state index contributed by atoms with van der Waals surface area (Å²) in [5.74, 6) is 0.327. The van der Waals surface area contributed by atoms with Crippen LogP contribution in [0.4, 0.5) is 0 Å². The number of hydrogen-bond donors (Lipinski definition) is 0. The molecule has 0 aliphatic carbocycles. The summed E-state index contributed by atoms with van der Waals surface area (Å²) in [5, 5.41) is 0. The smallest absolute Gasteiger partial charge is 0.173 e. The van der Waals surface area contributed by atoms with Crippen molar-refractivity contribution >= 4 is 11.6 Å². The molecule has 1 rings (SSSR count). The van der Waals surface area contributed by atoms with Crippen molar-refractivity contribution < 1.29 is 14.3 Å². The molecule has 0 aromatic heterocycles. The van der Waals surface area contributed by atoms with Gasteiger partial charge in [-0.25, -0.2) is 0 Å². The molecular weight excluding hydrogens is 228 g/mol. The lowest BCUT2D eigenvalue weighted by molar-refractivity contribution is -0.121. The third-order valence-corrected chi connectivity index (χ3v) is 2.98. The Bertz CT molecular complexity index is 424. The van der Waals surface area contributed by atoms with E-state index in [0.717, 1.165) is 6.42 Å². The maximum atomic E-state index is 12.1. The predicted octanol–water partition coefficient (Wildman–Crippen LogP) is 3.27. The van der Waals surface area contributed by atoms with E-state index in [4.69, 9.17) is 4.74 Å². The standard InChI is InChI=1S/C15H20O3/c1-4-11(3)13(16)10-14(17)12-8-6-7-9-15(12)18-5-2/h6-9,11H,4-5,10H2,1-3H3. The van der Waals surface area contributed by atoms with Crippen LogP contribution in [0.3, 0.4) is 0 Å². The fourth-order valence-corrected chi connectivity index (χ4v) is 1.63. The molecule has 1 atom stereocenters. The van der Waals surface area contributed by atoms with Gasteiger partial charge in [0.15, 0.2) is 5.78 Å². The molecule has 1 aromatic carbocycles. The van der Waals surface area contributed by atoms with Gasteiger partial charge >= 0.3 is 0 Å². The van der Waals surface area contributed by atoms with Crippen molar-refractivity contribution in [3.63, 3.8) is 0 Å². The second-order valence-electron chi connectivity index (χ2n) is 4.30. The zero-order valence-electron chi connectivity index (χ0n) is 11.2. The molecule has 18 heavy (non-hydrogen) atoms. The van der Waals surface area contributed by atoms with Crippen LogP contribution < -0.4 is 4.74 Å². The third-order valence-electron chi connectivity index (χ3n) is 2.98. The first-order valence-corrected chi connectivity index (χ1v) is 6.37. The Morgan fingerprint density at radius 2 is 1.89 bits per heavy atom. The number of ether oxygens (including phenoxy) is 1. The predicted molar refractivity (Wildman–Crippen MR) is 71.0 cm³/mol. The lowest BCUT2D eigenvalue weighted by Gasteiger charge is -2.10. The Labute approximate surface area is 108 Å². The monoisotopic (exact) mass is 248 g/mol. The summed E-state index contributed by atoms with van der Waals surface area (Å²) in [6, 6.07) is 7.06. The molecule has 0 aliphatic heterocycles. The van der Waals surface area contributed by atoms with Gasteiger partial charge in [0.1, 0.15) is 11.5 Å². The molecule has 0 spiro atoms. The Kier molecular flexibility index (Phi) is 5.56. The molecule has 3 heteroatoms. The van der Waals surface area contributed by atoms with Crippen LogP contribution in [0.5, 0.6) is 5.75 Å². The molecular formula is C15H20O3. The highest BCUT2D eigenvalue weighted by Gasteiger charge is 2.18. The van der Waals surface area contributed by atoms with E-state index in [1.807, 2.05) is 26.8 Å². The van der Waals surface area contributed by atoms with Gasteiger partial charge in [-0.15, -0.1) is 0 Å². The largest absolute Gasteiger partial charge is 0.493 e. The molecule has 98 valence electrons. The van der Waals surface area contributed by atoms with Crippen LogP contribution in [0.15, 0.2) is 24.3 Å². The topological polar surface area (TPSA) is 43.4 Å². The first-order valence-electron chi connectivity index (χ1n) is 6.37. The van der Waals surface area contributed by atoms with Gasteiger partial charge in [0, 0.05) is 5.92 Å². The van der Waals surface area contributed by atoms with Crippen molar-refractivity contribution in [3.8, 4) is 5.75 Å². The highest BCUT2D eigenvalue weighted by molar-refractivity contribution is 6.09. The summed E-state index contributed by atoms with van der Waals surface area (Å²) < 4.78 is 5.39. The molecule has 3 nitrogen and oxygen atoms in total. The Morgan fingerprint density at radius 1 is 1.22 bits per heavy atom. The number of benzene rings is 1. The van der Waals surface area contributed by atoms with E-state index in [1.165, 1.54) is 0 Å². The van der Waals surface area contributed by atoms with Crippen LogP contribution >= 0.6 is 0 Å². The van der Waals surface area contributed by atoms with E-state index in [-0.39, 0.29) is 23.9 Å². The number of para-hydroxylation sites is 1. The number of rotatable bonds is 7. The van der Waals surface area contributed by atoms with Crippen molar-refractivity contribution in [2.75, 3.05) is 6.61 Å². The molecule has 0 N–H and O–H groups in total. The van der Waals surface area contributed by atoms with E-state index in [9.17, 15) is 9.59 Å². The van der Waals surface area contributed by atoms with Crippen molar-refractivity contribution in [2.24, 2.45) is 5.92 Å². The summed E-state index contributed by atoms with van der Waals surface area (Å²) in [4.78, 5) is 23.8. The van der Waals surface area contributed by atoms with Crippen LogP contribution in [0.2, 0.25) is 0 Å². The van der Waals surface area contributed by atoms with E-state index >= 15 is 0 Å². The van der Waals surface area contributed by atoms with Gasteiger partial charge in [-0.05, 0) is 25.5 Å². The molecule has 0 bridgehead atoms. The van der Waals surface area contributed by atoms with E-state index < -0.39 is 0 Å². The van der Waals surface area contributed by atoms with Crippen LogP contribution in [0.25, 0.3) is 0 Å². The summed E-state index contributed by atoms with van der Waals surface area (Å²) in [6.07, 6.45) is 0.721. The average Bonchev–Trinajstić information content (AvgIpc) is 2.38. The first-order chi connectivity index (χ1) is 8.60. The van der Waals surface area contributed by atoms with Crippen LogP contribution in [-0.2, 0) is 4.79 Å². The summed E-state index contributed by atoms with van der Waals surface area (Å²) >= 11 is 0. The average molecular weight is 248 g/mol. The SMILES string of the molecule is CCOc1ccccc1C(=O)CC(=O)C(C)CC. The van der Waals surface area contributed by atoms with Crippen molar-refractivity contribution in [1.82, 2.24) is 0 Å². The quantitative estimate of drug-likeness (QED) is 0.549. The highest BCUT2D eigenvalue weighted by atomic mass is 16.5. The minimum Gasteiger partial charge on any atom is -0.493 e. The maximum absolute atomic E-state index is 12.1. The van der Waals surface area contributed by atoms with Gasteiger partial charge in [-0.1, -0.05) is 26.0 Å². The Hall–Kier alpha value is -1.64. The third kappa shape index (κ3) is 3.69. The van der Waals surface area contributed by atoms with Crippen molar-refractivity contribution in [1.29, 1.82) is 0 Å². The second kappa shape index (κ2) is 6.94. The molecule has 1 aromatic rings. The minimum atomic E-state index is -0.163. The summed E-state index contributed by atoms with van der Waals surface area (Å²) in [5.41, 5.74) is 0.496. The molecule has 0 heterocycles. The van der Waals surface area contributed by atoms with E-state index in [1.54, 1.807) is 18.2 Å². The number of hydrogen-bond acceptors (Lipinski definition) is 3. The lowest BCUT2D eigenvalue weighted by Crippen LogP contribution is -2.15. The highest BCUT2D eigenvalue weighted by Crippen LogP contribution is 2.20. The van der Waals surface area contributed by atoms with Gasteiger partial charge in [0.05, 0.1) is 18.6 Å². The molecule has 0 amide bonds. The van der Waals surface area contributed by atoms with Crippen LogP contribution in [0.1, 0.15) is 44.0 Å². The van der Waals surface area contributed by atoms with Crippen LogP contribution in [0, 0.1) is 5.92 Å². The molecule has 0 fully saturated rings. The zero-order chi connectivity index (χ0) is 13.5. The van der Waals surface area contributed by atoms with Crippen LogP contribution in [-0.4, -0.2) is 18.2 Å². The molecule has 0 saturated heterocycles. The molecule has 0 aliphatic rings. The van der Waals surface area contributed by atoms with Gasteiger partial charge in [-0.3, -0.25) is 9.59 Å². The Morgan fingerprint density at radius 3 is 2.50 bits per heavy atom. The number of carbonyl (C=O) groups is 2. The van der Waals surface area contributed by atoms with Gasteiger partial charge in [-0.2, -0.15) is 0 Å². The van der Waals surface area contributed by atoms with Gasteiger partial charge in [0.25, 0.3) is 0 Å². The number of Topliss-reactive ketones (excluding diaryl/α,β-unsaturated/α-hetero) is 2. The summed E-state index contributed by atoms with van der Waals surface area (Å²) in [6.45, 7) is 6.17. The fraction of sp³-hybridized carbons (Fsp3) is 0.467. The number of ketones is 2.